The average Bonchev–Trinajstić information content (AvgIpc) is 2.26. The van der Waals surface area contributed by atoms with Crippen LogP contribution in [0.2, 0.25) is 0 Å². The Morgan fingerprint density at radius 2 is 2.07 bits per heavy atom. The number of urea groups is 1. The van der Waals surface area contributed by atoms with E-state index in [4.69, 9.17) is 5.11 Å². The van der Waals surface area contributed by atoms with Crippen LogP contribution in [0.4, 0.5) is 4.79 Å². The number of piperazine rings is 1. The predicted octanol–water partition coefficient (Wildman–Crippen LogP) is -0.678. The summed E-state index contributed by atoms with van der Waals surface area (Å²) in [5.74, 6) is -1.44. The number of hydrogen-bond acceptors (Lipinski definition) is 3. The van der Waals surface area contributed by atoms with Crippen molar-refractivity contribution >= 4 is 12.0 Å². The minimum atomic E-state index is -0.893. The Morgan fingerprint density at radius 3 is 2.60 bits per heavy atom. The summed E-state index contributed by atoms with van der Waals surface area (Å²) >= 11 is 0. The number of carboxylic acids is 1. The zero-order chi connectivity index (χ0) is 11.3. The van der Waals surface area contributed by atoms with Crippen molar-refractivity contribution in [3.05, 3.63) is 0 Å². The number of carboxylic acid groups (broad SMARTS) is 1. The maximum atomic E-state index is 11.5. The summed E-state index contributed by atoms with van der Waals surface area (Å²) in [6.07, 6.45) is 0. The van der Waals surface area contributed by atoms with Crippen molar-refractivity contribution in [2.75, 3.05) is 32.7 Å². The van der Waals surface area contributed by atoms with E-state index in [0.717, 1.165) is 13.1 Å². The fourth-order valence-corrected chi connectivity index (χ4v) is 1.31. The standard InChI is InChI=1S/C9H17N3O3/c1-7(8(13)14)6-11-9(15)12-4-2-10-3-5-12/h7,10H,2-6H2,1H3,(H,11,15)(H,13,14). The summed E-state index contributed by atoms with van der Waals surface area (Å²) in [5.41, 5.74) is 0. The molecule has 1 aliphatic rings. The molecule has 0 spiro atoms. The van der Waals surface area contributed by atoms with E-state index in [1.807, 2.05) is 0 Å². The lowest BCUT2D eigenvalue weighted by atomic mass is 10.2. The number of nitrogens with zero attached hydrogens (tertiary/aromatic N) is 1. The molecule has 6 heteroatoms. The van der Waals surface area contributed by atoms with Gasteiger partial charge in [0.15, 0.2) is 0 Å². The fraction of sp³-hybridized carbons (Fsp3) is 0.778. The number of rotatable bonds is 3. The van der Waals surface area contributed by atoms with Gasteiger partial charge in [0.1, 0.15) is 0 Å². The number of hydrogen-bond donors (Lipinski definition) is 3. The first kappa shape index (κ1) is 11.8. The number of aliphatic carboxylic acids is 1. The average molecular weight is 215 g/mol. The molecule has 1 saturated heterocycles. The molecule has 0 aromatic carbocycles. The van der Waals surface area contributed by atoms with Crippen LogP contribution in [-0.4, -0.2) is 54.7 Å². The zero-order valence-electron chi connectivity index (χ0n) is 8.82. The van der Waals surface area contributed by atoms with Crippen LogP contribution in [0.25, 0.3) is 0 Å². The molecule has 0 saturated carbocycles. The van der Waals surface area contributed by atoms with Crippen LogP contribution >= 0.6 is 0 Å². The molecule has 6 nitrogen and oxygen atoms in total. The molecule has 0 aromatic heterocycles. The Morgan fingerprint density at radius 1 is 1.47 bits per heavy atom. The van der Waals surface area contributed by atoms with Crippen molar-refractivity contribution in [2.24, 2.45) is 5.92 Å². The van der Waals surface area contributed by atoms with Crippen molar-refractivity contribution in [3.8, 4) is 0 Å². The SMILES string of the molecule is CC(CNC(=O)N1CCNCC1)C(=O)O. The second-order valence-corrected chi connectivity index (χ2v) is 3.66. The first-order valence-corrected chi connectivity index (χ1v) is 5.07. The summed E-state index contributed by atoms with van der Waals surface area (Å²) < 4.78 is 0. The minimum Gasteiger partial charge on any atom is -0.481 e. The van der Waals surface area contributed by atoms with Crippen LogP contribution < -0.4 is 10.6 Å². The molecule has 2 amide bonds. The molecule has 0 aromatic rings. The number of carbonyl (C=O) groups excluding carboxylic acids is 1. The lowest BCUT2D eigenvalue weighted by molar-refractivity contribution is -0.140. The van der Waals surface area contributed by atoms with E-state index in [1.54, 1.807) is 11.8 Å². The third-order valence-electron chi connectivity index (χ3n) is 2.39. The van der Waals surface area contributed by atoms with E-state index in [0.29, 0.717) is 13.1 Å². The van der Waals surface area contributed by atoms with Gasteiger partial charge >= 0.3 is 12.0 Å². The molecule has 1 heterocycles. The number of amides is 2. The molecular weight excluding hydrogens is 198 g/mol. The van der Waals surface area contributed by atoms with Gasteiger partial charge in [0.2, 0.25) is 0 Å². The smallest absolute Gasteiger partial charge is 0.317 e. The maximum absolute atomic E-state index is 11.5. The van der Waals surface area contributed by atoms with E-state index in [9.17, 15) is 9.59 Å². The van der Waals surface area contributed by atoms with Gasteiger partial charge in [-0.15, -0.1) is 0 Å². The molecule has 1 atom stereocenters. The van der Waals surface area contributed by atoms with Gasteiger partial charge in [0.25, 0.3) is 0 Å². The lowest BCUT2D eigenvalue weighted by Gasteiger charge is -2.27. The van der Waals surface area contributed by atoms with Gasteiger partial charge in [-0.2, -0.15) is 0 Å². The van der Waals surface area contributed by atoms with E-state index in [-0.39, 0.29) is 12.6 Å². The quantitative estimate of drug-likeness (QED) is 0.582. The second kappa shape index (κ2) is 5.55. The molecule has 15 heavy (non-hydrogen) atoms. The minimum absolute atomic E-state index is 0.176. The van der Waals surface area contributed by atoms with Gasteiger partial charge in [-0.3, -0.25) is 4.79 Å². The molecule has 86 valence electrons. The van der Waals surface area contributed by atoms with Gasteiger partial charge in [-0.25, -0.2) is 4.79 Å². The Kier molecular flexibility index (Phi) is 4.36. The summed E-state index contributed by atoms with van der Waals surface area (Å²) in [5, 5.41) is 14.4. The molecular formula is C9H17N3O3. The van der Waals surface area contributed by atoms with Gasteiger partial charge in [0, 0.05) is 32.7 Å². The number of carbonyl (C=O) groups is 2. The van der Waals surface area contributed by atoms with Gasteiger partial charge in [-0.1, -0.05) is 6.92 Å². The molecule has 1 unspecified atom stereocenters. The van der Waals surface area contributed by atoms with Gasteiger partial charge in [-0.05, 0) is 0 Å². The maximum Gasteiger partial charge on any atom is 0.317 e. The zero-order valence-corrected chi connectivity index (χ0v) is 8.82. The van der Waals surface area contributed by atoms with Crippen LogP contribution in [-0.2, 0) is 4.79 Å². The van der Waals surface area contributed by atoms with Crippen LogP contribution in [0.3, 0.4) is 0 Å². The van der Waals surface area contributed by atoms with Crippen molar-refractivity contribution in [2.45, 2.75) is 6.92 Å². The topological polar surface area (TPSA) is 81.7 Å². The van der Waals surface area contributed by atoms with Crippen LogP contribution in [0.5, 0.6) is 0 Å². The Bertz CT molecular complexity index is 239. The predicted molar refractivity (Wildman–Crippen MR) is 54.6 cm³/mol. The second-order valence-electron chi connectivity index (χ2n) is 3.66. The first-order chi connectivity index (χ1) is 7.11. The highest BCUT2D eigenvalue weighted by Gasteiger charge is 2.17. The normalized spacial score (nSPS) is 18.3. The Hall–Kier alpha value is -1.30. The highest BCUT2D eigenvalue weighted by atomic mass is 16.4. The first-order valence-electron chi connectivity index (χ1n) is 5.07. The van der Waals surface area contributed by atoms with E-state index in [2.05, 4.69) is 10.6 Å². The molecule has 0 radical (unpaired) electrons. The van der Waals surface area contributed by atoms with Crippen LogP contribution in [0.15, 0.2) is 0 Å². The third-order valence-corrected chi connectivity index (χ3v) is 2.39. The van der Waals surface area contributed by atoms with Crippen molar-refractivity contribution in [3.63, 3.8) is 0 Å². The Labute approximate surface area is 88.6 Å². The summed E-state index contributed by atoms with van der Waals surface area (Å²) in [6.45, 7) is 4.68. The summed E-state index contributed by atoms with van der Waals surface area (Å²) in [4.78, 5) is 23.7. The van der Waals surface area contributed by atoms with Gasteiger partial charge < -0.3 is 20.6 Å². The molecule has 1 fully saturated rings. The Balaban J connectivity index is 2.25. The van der Waals surface area contributed by atoms with E-state index >= 15 is 0 Å². The lowest BCUT2D eigenvalue weighted by Crippen LogP contribution is -2.51. The summed E-state index contributed by atoms with van der Waals surface area (Å²) in [7, 11) is 0. The highest BCUT2D eigenvalue weighted by molar-refractivity contribution is 5.76. The molecule has 0 aliphatic carbocycles. The highest BCUT2D eigenvalue weighted by Crippen LogP contribution is 1.95. The number of nitrogens with one attached hydrogen (secondary N) is 2. The third kappa shape index (κ3) is 3.75. The van der Waals surface area contributed by atoms with Crippen molar-refractivity contribution in [1.29, 1.82) is 0 Å². The largest absolute Gasteiger partial charge is 0.481 e. The monoisotopic (exact) mass is 215 g/mol. The molecule has 3 N–H and O–H groups in total. The molecule has 0 bridgehead atoms. The van der Waals surface area contributed by atoms with Crippen molar-refractivity contribution in [1.82, 2.24) is 15.5 Å². The fourth-order valence-electron chi connectivity index (χ4n) is 1.31. The summed E-state index contributed by atoms with van der Waals surface area (Å²) in [6, 6.07) is -0.176. The molecule has 1 rings (SSSR count). The van der Waals surface area contributed by atoms with E-state index < -0.39 is 11.9 Å². The van der Waals surface area contributed by atoms with Crippen molar-refractivity contribution < 1.29 is 14.7 Å². The van der Waals surface area contributed by atoms with Crippen LogP contribution in [0, 0.1) is 5.92 Å². The van der Waals surface area contributed by atoms with E-state index in [1.165, 1.54) is 0 Å². The van der Waals surface area contributed by atoms with Crippen LogP contribution in [0.1, 0.15) is 6.92 Å². The van der Waals surface area contributed by atoms with Gasteiger partial charge in [0.05, 0.1) is 5.92 Å². The molecule has 1 aliphatic heterocycles.